The molecule has 1 aromatic carbocycles. The highest BCUT2D eigenvalue weighted by molar-refractivity contribution is 5.87. The van der Waals surface area contributed by atoms with Crippen LogP contribution >= 0.6 is 0 Å². The largest absolute Gasteiger partial charge is 0.478 e. The second-order valence-electron chi connectivity index (χ2n) is 4.13. The number of urea groups is 1. The lowest BCUT2D eigenvalue weighted by atomic mass is 10.1. The van der Waals surface area contributed by atoms with Crippen molar-refractivity contribution in [1.82, 2.24) is 10.6 Å². The first kappa shape index (κ1) is 16.0. The summed E-state index contributed by atoms with van der Waals surface area (Å²) in [6, 6.07) is 6.38. The second kappa shape index (κ2) is 8.92. The first-order chi connectivity index (χ1) is 9.63. The maximum Gasteiger partial charge on any atom is 0.335 e. The van der Waals surface area contributed by atoms with Crippen molar-refractivity contribution in [3.63, 3.8) is 0 Å². The van der Waals surface area contributed by atoms with E-state index in [0.717, 1.165) is 5.56 Å². The van der Waals surface area contributed by atoms with Crippen molar-refractivity contribution in [3.8, 4) is 0 Å². The Balaban J connectivity index is 2.20. The second-order valence-corrected chi connectivity index (χ2v) is 4.13. The SMILES string of the molecule is CCOCCNC(=O)NCCc1ccc(C(=O)O)cc1. The summed E-state index contributed by atoms with van der Waals surface area (Å²) in [5.74, 6) is -0.941. The molecule has 0 aliphatic carbocycles. The Morgan fingerprint density at radius 2 is 1.80 bits per heavy atom. The molecule has 6 heteroatoms. The molecule has 6 nitrogen and oxygen atoms in total. The van der Waals surface area contributed by atoms with Crippen LogP contribution in [0.5, 0.6) is 0 Å². The van der Waals surface area contributed by atoms with Gasteiger partial charge >= 0.3 is 12.0 Å². The smallest absolute Gasteiger partial charge is 0.335 e. The highest BCUT2D eigenvalue weighted by Gasteiger charge is 2.02. The fourth-order valence-corrected chi connectivity index (χ4v) is 1.58. The van der Waals surface area contributed by atoms with Gasteiger partial charge in [-0.25, -0.2) is 9.59 Å². The summed E-state index contributed by atoms with van der Waals surface area (Å²) in [4.78, 5) is 22.1. The quantitative estimate of drug-likeness (QED) is 0.626. The Morgan fingerprint density at radius 1 is 1.15 bits per heavy atom. The number of amides is 2. The van der Waals surface area contributed by atoms with Crippen LogP contribution in [0.15, 0.2) is 24.3 Å². The van der Waals surface area contributed by atoms with Gasteiger partial charge in [0.15, 0.2) is 0 Å². The molecule has 0 heterocycles. The van der Waals surface area contributed by atoms with E-state index in [-0.39, 0.29) is 11.6 Å². The molecule has 0 fully saturated rings. The van der Waals surface area contributed by atoms with E-state index in [4.69, 9.17) is 9.84 Å². The summed E-state index contributed by atoms with van der Waals surface area (Å²) in [5.41, 5.74) is 1.24. The Hall–Kier alpha value is -2.08. The van der Waals surface area contributed by atoms with Crippen molar-refractivity contribution >= 4 is 12.0 Å². The summed E-state index contributed by atoms with van der Waals surface area (Å²) in [6.45, 7) is 4.01. The predicted octanol–water partition coefficient (Wildman–Crippen LogP) is 1.26. The van der Waals surface area contributed by atoms with Gasteiger partial charge in [0, 0.05) is 19.7 Å². The number of nitrogens with one attached hydrogen (secondary N) is 2. The van der Waals surface area contributed by atoms with Gasteiger partial charge in [0.2, 0.25) is 0 Å². The number of hydrogen-bond acceptors (Lipinski definition) is 3. The van der Waals surface area contributed by atoms with Crippen molar-refractivity contribution in [2.45, 2.75) is 13.3 Å². The number of carboxylic acids is 1. The fourth-order valence-electron chi connectivity index (χ4n) is 1.58. The monoisotopic (exact) mass is 280 g/mol. The van der Waals surface area contributed by atoms with Gasteiger partial charge in [-0.05, 0) is 31.0 Å². The number of aromatic carboxylic acids is 1. The van der Waals surface area contributed by atoms with Crippen LogP contribution in [0.4, 0.5) is 4.79 Å². The number of carboxylic acid groups (broad SMARTS) is 1. The number of hydrogen-bond donors (Lipinski definition) is 3. The van der Waals surface area contributed by atoms with Gasteiger partial charge in [-0.15, -0.1) is 0 Å². The lowest BCUT2D eigenvalue weighted by molar-refractivity contribution is 0.0697. The molecule has 0 unspecified atom stereocenters. The van der Waals surface area contributed by atoms with Crippen molar-refractivity contribution in [2.24, 2.45) is 0 Å². The molecule has 0 spiro atoms. The van der Waals surface area contributed by atoms with Crippen molar-refractivity contribution in [1.29, 1.82) is 0 Å². The molecular formula is C14H20N2O4. The summed E-state index contributed by atoms with van der Waals surface area (Å²) in [6.07, 6.45) is 0.652. The normalized spacial score (nSPS) is 10.1. The van der Waals surface area contributed by atoms with E-state index in [9.17, 15) is 9.59 Å². The molecule has 0 aromatic heterocycles. The van der Waals surface area contributed by atoms with Gasteiger partial charge in [0.05, 0.1) is 12.2 Å². The molecule has 2 amide bonds. The molecule has 20 heavy (non-hydrogen) atoms. The maximum absolute atomic E-state index is 11.4. The Morgan fingerprint density at radius 3 is 2.40 bits per heavy atom. The van der Waals surface area contributed by atoms with E-state index in [1.165, 1.54) is 0 Å². The summed E-state index contributed by atoms with van der Waals surface area (Å²) in [5, 5.41) is 14.2. The standard InChI is InChI=1S/C14H20N2O4/c1-2-20-10-9-16-14(19)15-8-7-11-3-5-12(6-4-11)13(17)18/h3-6H,2,7-10H2,1H3,(H,17,18)(H2,15,16,19). The van der Waals surface area contributed by atoms with E-state index in [1.54, 1.807) is 24.3 Å². The molecule has 1 rings (SSSR count). The van der Waals surface area contributed by atoms with Crippen molar-refractivity contribution in [3.05, 3.63) is 35.4 Å². The van der Waals surface area contributed by atoms with Crippen LogP contribution in [-0.2, 0) is 11.2 Å². The van der Waals surface area contributed by atoms with Gasteiger partial charge in [0.25, 0.3) is 0 Å². The topological polar surface area (TPSA) is 87.7 Å². The highest BCUT2D eigenvalue weighted by Crippen LogP contribution is 2.04. The van der Waals surface area contributed by atoms with Gasteiger partial charge in [-0.1, -0.05) is 12.1 Å². The van der Waals surface area contributed by atoms with E-state index < -0.39 is 5.97 Å². The number of rotatable bonds is 8. The summed E-state index contributed by atoms with van der Waals surface area (Å²) in [7, 11) is 0. The number of carbonyl (C=O) groups is 2. The molecule has 0 bridgehead atoms. The van der Waals surface area contributed by atoms with E-state index >= 15 is 0 Å². The molecule has 110 valence electrons. The van der Waals surface area contributed by atoms with Crippen LogP contribution in [0.2, 0.25) is 0 Å². The summed E-state index contributed by atoms with van der Waals surface area (Å²) < 4.78 is 5.10. The van der Waals surface area contributed by atoms with Gasteiger partial charge in [-0.3, -0.25) is 0 Å². The van der Waals surface area contributed by atoms with Crippen LogP contribution in [0, 0.1) is 0 Å². The average molecular weight is 280 g/mol. The molecule has 0 aliphatic heterocycles. The van der Waals surface area contributed by atoms with Crippen LogP contribution in [-0.4, -0.2) is 43.4 Å². The van der Waals surface area contributed by atoms with Gasteiger partial charge in [-0.2, -0.15) is 0 Å². The molecule has 0 saturated heterocycles. The minimum absolute atomic E-state index is 0.230. The van der Waals surface area contributed by atoms with Crippen LogP contribution in [0.3, 0.4) is 0 Å². The van der Waals surface area contributed by atoms with E-state index in [0.29, 0.717) is 32.7 Å². The first-order valence-corrected chi connectivity index (χ1v) is 6.55. The highest BCUT2D eigenvalue weighted by atomic mass is 16.5. The maximum atomic E-state index is 11.4. The van der Waals surface area contributed by atoms with E-state index in [1.807, 2.05) is 6.92 Å². The number of carbonyl (C=O) groups excluding carboxylic acids is 1. The third-order valence-electron chi connectivity index (χ3n) is 2.64. The van der Waals surface area contributed by atoms with Crippen LogP contribution in [0.25, 0.3) is 0 Å². The van der Waals surface area contributed by atoms with Crippen LogP contribution in [0.1, 0.15) is 22.8 Å². The van der Waals surface area contributed by atoms with Crippen LogP contribution < -0.4 is 10.6 Å². The molecule has 0 aliphatic rings. The Labute approximate surface area is 118 Å². The van der Waals surface area contributed by atoms with E-state index in [2.05, 4.69) is 10.6 Å². The zero-order valence-electron chi connectivity index (χ0n) is 11.5. The lowest BCUT2D eigenvalue weighted by Crippen LogP contribution is -2.38. The lowest BCUT2D eigenvalue weighted by Gasteiger charge is -2.07. The molecule has 1 aromatic rings. The van der Waals surface area contributed by atoms with Gasteiger partial charge < -0.3 is 20.5 Å². The number of ether oxygens (including phenoxy) is 1. The van der Waals surface area contributed by atoms with Crippen molar-refractivity contribution in [2.75, 3.05) is 26.3 Å². The Kier molecular flexibility index (Phi) is 7.13. The molecule has 3 N–H and O–H groups in total. The minimum atomic E-state index is -0.941. The number of benzene rings is 1. The molecule has 0 atom stereocenters. The third kappa shape index (κ3) is 6.19. The zero-order valence-corrected chi connectivity index (χ0v) is 11.5. The fraction of sp³-hybridized carbons (Fsp3) is 0.429. The average Bonchev–Trinajstić information content (AvgIpc) is 2.44. The zero-order chi connectivity index (χ0) is 14.8. The third-order valence-corrected chi connectivity index (χ3v) is 2.64. The minimum Gasteiger partial charge on any atom is -0.478 e. The van der Waals surface area contributed by atoms with Crippen molar-refractivity contribution < 1.29 is 19.4 Å². The van der Waals surface area contributed by atoms with Gasteiger partial charge in [0.1, 0.15) is 0 Å². The Bertz CT molecular complexity index is 431. The predicted molar refractivity (Wildman–Crippen MR) is 75.0 cm³/mol. The first-order valence-electron chi connectivity index (χ1n) is 6.55. The summed E-state index contributed by atoms with van der Waals surface area (Å²) >= 11 is 0. The molecular weight excluding hydrogens is 260 g/mol. The molecule has 0 saturated carbocycles. The molecule has 0 radical (unpaired) electrons.